The zero-order chi connectivity index (χ0) is 28.7. The summed E-state index contributed by atoms with van der Waals surface area (Å²) in [6.45, 7) is 2.44. The second kappa shape index (κ2) is 10.5. The zero-order valence-corrected chi connectivity index (χ0v) is 23.1. The Bertz CT molecular complexity index is 2020. The van der Waals surface area contributed by atoms with Crippen LogP contribution in [0.5, 0.6) is 11.5 Å². The standard InChI is InChI=1S/C30H27FN4O5S/c1-2-3-10-39-27-14-24-26(13-23(27)19-12-21(17-33-16-19)40-41(31,37)38)35(20-6-4-5-7-20)30-28(29(24)36)22-9-8-18(15-32)11-25(22)34-30/h8-9,11-14,16-17,20,34H,2-7,10H2,1H3. The lowest BCUT2D eigenvalue weighted by molar-refractivity contribution is 0.311. The van der Waals surface area contributed by atoms with Crippen molar-refractivity contribution in [3.05, 3.63) is 64.6 Å². The first-order chi connectivity index (χ1) is 19.8. The van der Waals surface area contributed by atoms with Crippen LogP contribution in [-0.2, 0) is 10.5 Å². The highest BCUT2D eigenvalue weighted by Gasteiger charge is 2.25. The summed E-state index contributed by atoms with van der Waals surface area (Å²) in [5, 5.41) is 11.2. The largest absolute Gasteiger partial charge is 0.493 e. The Labute approximate surface area is 235 Å². The van der Waals surface area contributed by atoms with E-state index in [1.54, 1.807) is 18.2 Å². The molecule has 210 valence electrons. The molecule has 5 aromatic rings. The zero-order valence-electron chi connectivity index (χ0n) is 22.3. The number of ether oxygens (including phenoxy) is 1. The van der Waals surface area contributed by atoms with Gasteiger partial charge in [0.1, 0.15) is 11.4 Å². The summed E-state index contributed by atoms with van der Waals surface area (Å²) >= 11 is 0. The molecule has 0 amide bonds. The molecule has 0 radical (unpaired) electrons. The van der Waals surface area contributed by atoms with Crippen LogP contribution in [0.15, 0.2) is 53.6 Å². The van der Waals surface area contributed by atoms with Crippen molar-refractivity contribution in [3.63, 3.8) is 0 Å². The normalized spacial score (nSPS) is 14.2. The molecule has 0 unspecified atom stereocenters. The molecule has 2 aromatic carbocycles. The molecule has 0 spiro atoms. The fourth-order valence-electron chi connectivity index (χ4n) is 5.81. The summed E-state index contributed by atoms with van der Waals surface area (Å²) in [5.41, 5.74) is 3.42. The Morgan fingerprint density at radius 2 is 1.95 bits per heavy atom. The third-order valence-corrected chi connectivity index (χ3v) is 8.03. The van der Waals surface area contributed by atoms with Crippen LogP contribution in [-0.4, -0.2) is 29.6 Å². The van der Waals surface area contributed by atoms with E-state index in [1.807, 2.05) is 19.1 Å². The Balaban J connectivity index is 1.67. The van der Waals surface area contributed by atoms with Gasteiger partial charge in [-0.3, -0.25) is 9.78 Å². The molecule has 41 heavy (non-hydrogen) atoms. The second-order valence-corrected chi connectivity index (χ2v) is 11.3. The molecular formula is C30H27FN4O5S. The average Bonchev–Trinajstić information content (AvgIpc) is 3.60. The highest BCUT2D eigenvalue weighted by molar-refractivity contribution is 7.81. The maximum Gasteiger partial charge on any atom is 0.488 e. The maximum absolute atomic E-state index is 14.1. The van der Waals surface area contributed by atoms with Crippen molar-refractivity contribution < 1.29 is 21.2 Å². The van der Waals surface area contributed by atoms with E-state index in [0.29, 0.717) is 56.5 Å². The highest BCUT2D eigenvalue weighted by atomic mass is 32.3. The number of aromatic nitrogens is 3. The van der Waals surface area contributed by atoms with Gasteiger partial charge in [-0.05, 0) is 49.6 Å². The van der Waals surface area contributed by atoms with Gasteiger partial charge < -0.3 is 18.5 Å². The summed E-state index contributed by atoms with van der Waals surface area (Å²) in [5.74, 6) is 0.145. The quantitative estimate of drug-likeness (QED) is 0.166. The molecule has 11 heteroatoms. The van der Waals surface area contributed by atoms with Crippen LogP contribution < -0.4 is 14.3 Å². The minimum Gasteiger partial charge on any atom is -0.493 e. The molecule has 9 nitrogen and oxygen atoms in total. The number of nitriles is 1. The fourth-order valence-corrected chi connectivity index (χ4v) is 6.13. The number of rotatable bonds is 8. The average molecular weight is 575 g/mol. The van der Waals surface area contributed by atoms with E-state index in [4.69, 9.17) is 4.74 Å². The SMILES string of the molecule is CCCCOc1cc2c(=O)c3c4ccc(C#N)cc4[nH]c3n(C3CCCC3)c2cc1-c1cncc(OS(=O)(=O)F)c1. The summed E-state index contributed by atoms with van der Waals surface area (Å²) in [6, 6.07) is 12.5. The smallest absolute Gasteiger partial charge is 0.488 e. The van der Waals surface area contributed by atoms with Crippen LogP contribution in [0.4, 0.5) is 3.89 Å². The topological polar surface area (TPSA) is 127 Å². The highest BCUT2D eigenvalue weighted by Crippen LogP contribution is 2.40. The lowest BCUT2D eigenvalue weighted by Crippen LogP contribution is -2.15. The monoisotopic (exact) mass is 574 g/mol. The molecule has 0 bridgehead atoms. The lowest BCUT2D eigenvalue weighted by atomic mass is 10.0. The van der Waals surface area contributed by atoms with Crippen molar-refractivity contribution in [1.29, 1.82) is 5.26 Å². The van der Waals surface area contributed by atoms with Gasteiger partial charge in [0.25, 0.3) is 0 Å². The van der Waals surface area contributed by atoms with Crippen molar-refractivity contribution in [2.24, 2.45) is 0 Å². The number of aromatic amines is 1. The molecule has 3 heterocycles. The van der Waals surface area contributed by atoms with Crippen molar-refractivity contribution in [3.8, 4) is 28.7 Å². The third-order valence-electron chi connectivity index (χ3n) is 7.64. The summed E-state index contributed by atoms with van der Waals surface area (Å²) in [7, 11) is -5.25. The summed E-state index contributed by atoms with van der Waals surface area (Å²) in [6.07, 6.45) is 8.30. The van der Waals surface area contributed by atoms with Gasteiger partial charge in [-0.15, -0.1) is 0 Å². The van der Waals surface area contributed by atoms with E-state index in [9.17, 15) is 22.4 Å². The maximum atomic E-state index is 14.1. The van der Waals surface area contributed by atoms with Crippen LogP contribution in [0.3, 0.4) is 0 Å². The summed E-state index contributed by atoms with van der Waals surface area (Å²) < 4.78 is 48.3. The number of H-pyrrole nitrogens is 1. The number of benzene rings is 2. The molecule has 3 aromatic heterocycles. The van der Waals surface area contributed by atoms with Gasteiger partial charge in [0, 0.05) is 34.3 Å². The number of pyridine rings is 2. The molecule has 0 saturated heterocycles. The summed E-state index contributed by atoms with van der Waals surface area (Å²) in [4.78, 5) is 21.6. The molecule has 1 fully saturated rings. The molecule has 0 atom stereocenters. The number of halogens is 1. The van der Waals surface area contributed by atoms with Gasteiger partial charge in [0.15, 0.2) is 11.2 Å². The molecule has 6 rings (SSSR count). The lowest BCUT2D eigenvalue weighted by Gasteiger charge is -2.21. The molecule has 1 aliphatic carbocycles. The van der Waals surface area contributed by atoms with E-state index in [0.717, 1.165) is 50.1 Å². The van der Waals surface area contributed by atoms with E-state index in [1.165, 1.54) is 12.3 Å². The fraction of sp³-hybridized carbons (Fsp3) is 0.300. The van der Waals surface area contributed by atoms with Crippen LogP contribution in [0.25, 0.3) is 44.0 Å². The van der Waals surface area contributed by atoms with E-state index < -0.39 is 10.5 Å². The number of hydrogen-bond donors (Lipinski definition) is 1. The first-order valence-corrected chi connectivity index (χ1v) is 14.9. The van der Waals surface area contributed by atoms with Gasteiger partial charge in [-0.25, -0.2) is 0 Å². The Hall–Kier alpha value is -4.43. The Morgan fingerprint density at radius 1 is 1.15 bits per heavy atom. The van der Waals surface area contributed by atoms with Crippen molar-refractivity contribution >= 4 is 43.3 Å². The van der Waals surface area contributed by atoms with E-state index >= 15 is 0 Å². The second-order valence-electron chi connectivity index (χ2n) is 10.3. The number of unbranched alkanes of at least 4 members (excludes halogenated alkanes) is 1. The molecule has 1 aliphatic rings. The van der Waals surface area contributed by atoms with Crippen LogP contribution in [0.1, 0.15) is 57.1 Å². The van der Waals surface area contributed by atoms with Gasteiger partial charge >= 0.3 is 10.5 Å². The Morgan fingerprint density at radius 3 is 2.68 bits per heavy atom. The first kappa shape index (κ1) is 26.8. The van der Waals surface area contributed by atoms with Crippen molar-refractivity contribution in [2.45, 2.75) is 51.5 Å². The van der Waals surface area contributed by atoms with Crippen molar-refractivity contribution in [2.75, 3.05) is 6.61 Å². The number of nitrogens with one attached hydrogen (secondary N) is 1. The predicted octanol–water partition coefficient (Wildman–Crippen LogP) is 6.46. The molecule has 0 aliphatic heterocycles. The molecule has 1 N–H and O–H groups in total. The van der Waals surface area contributed by atoms with Gasteiger partial charge in [0.2, 0.25) is 0 Å². The third kappa shape index (κ3) is 5.00. The van der Waals surface area contributed by atoms with E-state index in [2.05, 4.69) is 24.8 Å². The minimum absolute atomic E-state index is 0.133. The minimum atomic E-state index is -5.25. The predicted molar refractivity (Wildman–Crippen MR) is 154 cm³/mol. The van der Waals surface area contributed by atoms with Crippen molar-refractivity contribution in [1.82, 2.24) is 14.5 Å². The van der Waals surface area contributed by atoms with Gasteiger partial charge in [0.05, 0.1) is 40.7 Å². The van der Waals surface area contributed by atoms with Crippen LogP contribution in [0, 0.1) is 11.3 Å². The Kier molecular flexibility index (Phi) is 6.87. The van der Waals surface area contributed by atoms with Gasteiger partial charge in [-0.1, -0.05) is 36.1 Å². The molecular weight excluding hydrogens is 547 g/mol. The number of fused-ring (bicyclic) bond motifs is 4. The van der Waals surface area contributed by atoms with Crippen LogP contribution >= 0.6 is 0 Å². The first-order valence-electron chi connectivity index (χ1n) is 13.6. The number of nitrogens with zero attached hydrogens (tertiary/aromatic N) is 3. The van der Waals surface area contributed by atoms with Crippen LogP contribution in [0.2, 0.25) is 0 Å². The van der Waals surface area contributed by atoms with Gasteiger partial charge in [-0.2, -0.15) is 13.7 Å². The number of hydrogen-bond acceptors (Lipinski definition) is 7. The van der Waals surface area contributed by atoms with E-state index in [-0.39, 0.29) is 17.2 Å². The molecule has 1 saturated carbocycles.